The summed E-state index contributed by atoms with van der Waals surface area (Å²) in [6.07, 6.45) is 3.63. The number of para-hydroxylation sites is 1. The maximum absolute atomic E-state index is 13.3. The smallest absolute Gasteiger partial charge is 0.316 e. The van der Waals surface area contributed by atoms with Crippen molar-refractivity contribution < 1.29 is 14.6 Å². The number of nitrogens with one attached hydrogen (secondary N) is 1. The number of hydrogen-bond donors (Lipinski definition) is 2. The highest BCUT2D eigenvalue weighted by Gasteiger charge is 2.73. The minimum absolute atomic E-state index is 0.0934. The fourth-order valence-corrected chi connectivity index (χ4v) is 6.85. The van der Waals surface area contributed by atoms with Gasteiger partial charge in [-0.1, -0.05) is 36.8 Å². The van der Waals surface area contributed by atoms with Crippen molar-refractivity contribution in [3.8, 4) is 0 Å². The van der Waals surface area contributed by atoms with Crippen LogP contribution in [0.15, 0.2) is 35.9 Å². The first-order valence-electron chi connectivity index (χ1n) is 10.1. The molecule has 5 nitrogen and oxygen atoms in total. The number of allylic oxidation sites excluding steroid dienone is 1. The molecule has 0 radical (unpaired) electrons. The van der Waals surface area contributed by atoms with Gasteiger partial charge in [-0.05, 0) is 38.3 Å². The van der Waals surface area contributed by atoms with Gasteiger partial charge in [-0.25, -0.2) is 0 Å². The van der Waals surface area contributed by atoms with Crippen LogP contribution in [0.1, 0.15) is 38.4 Å². The summed E-state index contributed by atoms with van der Waals surface area (Å²) in [7, 11) is 1.44. The Bertz CT molecular complexity index is 1020. The number of piperidine rings is 3. The number of hydrogen-bond acceptors (Lipinski definition) is 4. The third-order valence-electron chi connectivity index (χ3n) is 8.21. The zero-order chi connectivity index (χ0) is 19.9. The van der Waals surface area contributed by atoms with Gasteiger partial charge in [0.1, 0.15) is 5.41 Å². The molecule has 3 saturated heterocycles. The van der Waals surface area contributed by atoms with Gasteiger partial charge in [0.2, 0.25) is 0 Å². The van der Waals surface area contributed by atoms with Crippen molar-refractivity contribution in [2.24, 2.45) is 10.8 Å². The molecule has 0 amide bonds. The number of aliphatic hydroxyl groups is 1. The molecule has 0 spiro atoms. The van der Waals surface area contributed by atoms with Crippen LogP contribution in [0.5, 0.6) is 0 Å². The van der Waals surface area contributed by atoms with Gasteiger partial charge >= 0.3 is 5.97 Å². The fraction of sp³-hybridized carbons (Fsp3) is 0.522. The standard InChI is InChI=1S/C23H28N2O3/c1-5-14-11-25-18-10-16-15-8-6-7-9-17(15)24-19(16)22(25,3)12-21(14,2)23(18,13-26)20(27)28-4/h5-9,18,24,26H,10-13H2,1-4H3. The summed E-state index contributed by atoms with van der Waals surface area (Å²) < 4.78 is 5.32. The molecule has 1 aromatic carbocycles. The molecule has 5 unspecified atom stereocenters. The number of esters is 1. The average Bonchev–Trinajstić information content (AvgIpc) is 3.07. The number of carbonyl (C=O) groups is 1. The number of benzene rings is 1. The quantitative estimate of drug-likeness (QED) is 0.621. The SMILES string of the molecule is CC=C1CN2C3Cc4c([nH]c5ccccc45)C2(C)CC1(C)C3(CO)C(=O)OC. The van der Waals surface area contributed by atoms with E-state index < -0.39 is 10.8 Å². The van der Waals surface area contributed by atoms with Crippen molar-refractivity contribution in [3.63, 3.8) is 0 Å². The van der Waals surface area contributed by atoms with Crippen LogP contribution in [0.2, 0.25) is 0 Å². The van der Waals surface area contributed by atoms with Crippen LogP contribution in [0.3, 0.4) is 0 Å². The second-order valence-corrected chi connectivity index (χ2v) is 9.09. The predicted molar refractivity (Wildman–Crippen MR) is 108 cm³/mol. The Morgan fingerprint density at radius 3 is 2.82 bits per heavy atom. The minimum Gasteiger partial charge on any atom is -0.468 e. The molecule has 4 aliphatic heterocycles. The molecule has 5 atom stereocenters. The third-order valence-corrected chi connectivity index (χ3v) is 8.21. The lowest BCUT2D eigenvalue weighted by Crippen LogP contribution is -2.78. The van der Waals surface area contributed by atoms with E-state index in [1.54, 1.807) is 0 Å². The summed E-state index contributed by atoms with van der Waals surface area (Å²) in [5.41, 5.74) is 3.30. The summed E-state index contributed by atoms with van der Waals surface area (Å²) in [6.45, 7) is 7.10. The van der Waals surface area contributed by atoms with Gasteiger partial charge in [0.15, 0.2) is 0 Å². The Morgan fingerprint density at radius 1 is 1.39 bits per heavy atom. The third kappa shape index (κ3) is 1.74. The zero-order valence-electron chi connectivity index (χ0n) is 17.0. The molecule has 0 aliphatic carbocycles. The summed E-state index contributed by atoms with van der Waals surface area (Å²) in [6, 6.07) is 8.29. The summed E-state index contributed by atoms with van der Waals surface area (Å²) >= 11 is 0. The number of fused-ring (bicyclic) bond motifs is 4. The van der Waals surface area contributed by atoms with Crippen molar-refractivity contribution >= 4 is 16.9 Å². The van der Waals surface area contributed by atoms with Gasteiger partial charge in [-0.15, -0.1) is 0 Å². The number of carbonyl (C=O) groups excluding carboxylic acids is 1. The second-order valence-electron chi connectivity index (χ2n) is 9.09. The largest absolute Gasteiger partial charge is 0.468 e. The number of aromatic amines is 1. The van der Waals surface area contributed by atoms with Crippen LogP contribution in [0.25, 0.3) is 10.9 Å². The van der Waals surface area contributed by atoms with Crippen molar-refractivity contribution in [3.05, 3.63) is 47.2 Å². The lowest BCUT2D eigenvalue weighted by Gasteiger charge is -2.70. The molecule has 5 heterocycles. The maximum atomic E-state index is 13.3. The first-order chi connectivity index (χ1) is 13.4. The van der Waals surface area contributed by atoms with E-state index in [1.165, 1.54) is 29.3 Å². The Morgan fingerprint density at radius 2 is 2.14 bits per heavy atom. The first-order valence-corrected chi connectivity index (χ1v) is 10.1. The molecule has 5 heteroatoms. The van der Waals surface area contributed by atoms with Crippen molar-refractivity contribution in [2.45, 2.75) is 45.2 Å². The predicted octanol–water partition coefficient (Wildman–Crippen LogP) is 3.13. The average molecular weight is 380 g/mol. The number of nitrogens with zero attached hydrogens (tertiary/aromatic N) is 1. The molecule has 148 valence electrons. The molecule has 0 saturated carbocycles. The number of methoxy groups -OCH3 is 1. The highest BCUT2D eigenvalue weighted by molar-refractivity contribution is 5.87. The minimum atomic E-state index is -0.961. The molecule has 3 fully saturated rings. The Kier molecular flexibility index (Phi) is 3.52. The highest BCUT2D eigenvalue weighted by Crippen LogP contribution is 2.67. The van der Waals surface area contributed by atoms with Crippen molar-refractivity contribution in [1.29, 1.82) is 0 Å². The Labute approximate surface area is 165 Å². The molecular formula is C23H28N2O3. The molecule has 2 N–H and O–H groups in total. The number of rotatable bonds is 2. The molecule has 28 heavy (non-hydrogen) atoms. The number of aliphatic hydroxyl groups excluding tert-OH is 1. The van der Waals surface area contributed by atoms with E-state index in [9.17, 15) is 9.90 Å². The van der Waals surface area contributed by atoms with Crippen LogP contribution >= 0.6 is 0 Å². The summed E-state index contributed by atoms with van der Waals surface area (Å²) in [4.78, 5) is 19.4. The van der Waals surface area contributed by atoms with Crippen LogP contribution in [-0.2, 0) is 21.5 Å². The van der Waals surface area contributed by atoms with Gasteiger partial charge in [-0.3, -0.25) is 9.69 Å². The monoisotopic (exact) mass is 380 g/mol. The number of H-pyrrole nitrogens is 1. The fourth-order valence-electron chi connectivity index (χ4n) is 6.85. The molecular weight excluding hydrogens is 352 g/mol. The maximum Gasteiger partial charge on any atom is 0.316 e. The number of aromatic nitrogens is 1. The molecule has 6 rings (SSSR count). The van der Waals surface area contributed by atoms with E-state index in [4.69, 9.17) is 4.74 Å². The first kappa shape index (κ1) is 18.0. The lowest BCUT2D eigenvalue weighted by atomic mass is 9.45. The van der Waals surface area contributed by atoms with E-state index >= 15 is 0 Å². The number of ether oxygens (including phenoxy) is 1. The van der Waals surface area contributed by atoms with Gasteiger partial charge < -0.3 is 14.8 Å². The summed E-state index contributed by atoms with van der Waals surface area (Å²) in [5.74, 6) is -0.295. The topological polar surface area (TPSA) is 65.6 Å². The normalized spacial score (nSPS) is 40.0. The van der Waals surface area contributed by atoms with E-state index in [0.717, 1.165) is 24.9 Å². The van der Waals surface area contributed by atoms with Crippen LogP contribution in [0, 0.1) is 10.8 Å². The zero-order valence-corrected chi connectivity index (χ0v) is 17.0. The van der Waals surface area contributed by atoms with Crippen LogP contribution in [-0.4, -0.2) is 47.3 Å². The van der Waals surface area contributed by atoms with Crippen molar-refractivity contribution in [2.75, 3.05) is 20.3 Å². The van der Waals surface area contributed by atoms with Crippen LogP contribution in [0.4, 0.5) is 0 Å². The van der Waals surface area contributed by atoms with Gasteiger partial charge in [0.25, 0.3) is 0 Å². The molecule has 4 bridgehead atoms. The van der Waals surface area contributed by atoms with Gasteiger partial charge in [0.05, 0.1) is 19.3 Å². The second kappa shape index (κ2) is 5.49. The highest BCUT2D eigenvalue weighted by atomic mass is 16.5. The van der Waals surface area contributed by atoms with E-state index in [2.05, 4.69) is 54.1 Å². The van der Waals surface area contributed by atoms with E-state index in [1.807, 2.05) is 6.92 Å². The molecule has 1 aromatic heterocycles. The summed E-state index contributed by atoms with van der Waals surface area (Å²) in [5, 5.41) is 11.9. The lowest BCUT2D eigenvalue weighted by molar-refractivity contribution is -0.217. The van der Waals surface area contributed by atoms with Gasteiger partial charge in [0, 0.05) is 34.6 Å². The Balaban J connectivity index is 1.82. The van der Waals surface area contributed by atoms with E-state index in [-0.39, 0.29) is 24.2 Å². The van der Waals surface area contributed by atoms with Crippen LogP contribution < -0.4 is 0 Å². The molecule has 4 aliphatic rings. The van der Waals surface area contributed by atoms with Gasteiger partial charge in [-0.2, -0.15) is 0 Å². The Hall–Kier alpha value is -2.11. The molecule has 2 aromatic rings. The van der Waals surface area contributed by atoms with E-state index in [0.29, 0.717) is 0 Å². The van der Waals surface area contributed by atoms with Crippen molar-refractivity contribution in [1.82, 2.24) is 9.88 Å².